The highest BCUT2D eigenvalue weighted by Crippen LogP contribution is 2.33. The summed E-state index contributed by atoms with van der Waals surface area (Å²) < 4.78 is 6.95. The number of aryl methyl sites for hydroxylation is 2. The molecular formula is C12H18N4O. The Labute approximate surface area is 102 Å². The first-order valence-corrected chi connectivity index (χ1v) is 5.88. The molecule has 92 valence electrons. The van der Waals surface area contributed by atoms with Crippen LogP contribution < -0.4 is 4.90 Å². The van der Waals surface area contributed by atoms with Crippen LogP contribution in [0.25, 0.3) is 0 Å². The van der Waals surface area contributed by atoms with Gasteiger partial charge in [0.1, 0.15) is 17.5 Å². The van der Waals surface area contributed by atoms with E-state index in [1.54, 1.807) is 7.11 Å². The van der Waals surface area contributed by atoms with Crippen LogP contribution in [0.1, 0.15) is 24.1 Å². The summed E-state index contributed by atoms with van der Waals surface area (Å²) >= 11 is 0. The molecule has 0 aliphatic heterocycles. The SMILES string of the molecule is COCCN(c1c(C#N)c(C)nn1C)C1CC1. The summed E-state index contributed by atoms with van der Waals surface area (Å²) in [5.41, 5.74) is 1.49. The Balaban J connectivity index is 2.32. The molecule has 0 spiro atoms. The number of methoxy groups -OCH3 is 1. The molecule has 0 atom stereocenters. The third-order valence-electron chi connectivity index (χ3n) is 3.10. The zero-order valence-corrected chi connectivity index (χ0v) is 10.6. The van der Waals surface area contributed by atoms with Gasteiger partial charge in [0.05, 0.1) is 12.3 Å². The number of anilines is 1. The minimum atomic E-state index is 0.548. The fourth-order valence-corrected chi connectivity index (χ4v) is 2.14. The van der Waals surface area contributed by atoms with E-state index in [-0.39, 0.29) is 0 Å². The van der Waals surface area contributed by atoms with E-state index in [1.165, 1.54) is 12.8 Å². The Morgan fingerprint density at radius 2 is 2.29 bits per heavy atom. The van der Waals surface area contributed by atoms with Gasteiger partial charge in [-0.2, -0.15) is 10.4 Å². The molecule has 5 nitrogen and oxygen atoms in total. The smallest absolute Gasteiger partial charge is 0.145 e. The Bertz CT molecular complexity index is 442. The monoisotopic (exact) mass is 234 g/mol. The van der Waals surface area contributed by atoms with E-state index in [0.717, 1.165) is 18.1 Å². The van der Waals surface area contributed by atoms with Gasteiger partial charge in [-0.05, 0) is 19.8 Å². The van der Waals surface area contributed by atoms with Crippen LogP contribution in [0.3, 0.4) is 0 Å². The van der Waals surface area contributed by atoms with Gasteiger partial charge < -0.3 is 9.64 Å². The third-order valence-corrected chi connectivity index (χ3v) is 3.10. The molecule has 1 heterocycles. The minimum absolute atomic E-state index is 0.548. The number of rotatable bonds is 5. The molecule has 0 saturated heterocycles. The van der Waals surface area contributed by atoms with Gasteiger partial charge in [0.2, 0.25) is 0 Å². The van der Waals surface area contributed by atoms with Crippen molar-refractivity contribution in [3.8, 4) is 6.07 Å². The number of ether oxygens (including phenoxy) is 1. The van der Waals surface area contributed by atoms with Crippen molar-refractivity contribution >= 4 is 5.82 Å². The predicted octanol–water partition coefficient (Wildman–Crippen LogP) is 1.22. The normalized spacial score (nSPS) is 14.7. The first kappa shape index (κ1) is 11.9. The number of hydrogen-bond acceptors (Lipinski definition) is 4. The molecule has 1 aliphatic carbocycles. The lowest BCUT2D eigenvalue weighted by atomic mass is 10.2. The lowest BCUT2D eigenvalue weighted by molar-refractivity contribution is 0.204. The van der Waals surface area contributed by atoms with E-state index in [4.69, 9.17) is 4.74 Å². The molecular weight excluding hydrogens is 216 g/mol. The molecule has 1 fully saturated rings. The quantitative estimate of drug-likeness (QED) is 0.768. The van der Waals surface area contributed by atoms with Crippen molar-refractivity contribution < 1.29 is 4.74 Å². The molecule has 0 aromatic carbocycles. The number of aromatic nitrogens is 2. The van der Waals surface area contributed by atoms with E-state index in [2.05, 4.69) is 16.1 Å². The standard InChI is InChI=1S/C12H18N4O/c1-9-11(8-13)12(15(2)14-9)16(6-7-17-3)10-4-5-10/h10H,4-7H2,1-3H3. The van der Waals surface area contributed by atoms with Crippen molar-refractivity contribution in [2.75, 3.05) is 25.2 Å². The summed E-state index contributed by atoms with van der Waals surface area (Å²) in [6.07, 6.45) is 2.39. The zero-order valence-electron chi connectivity index (χ0n) is 10.6. The van der Waals surface area contributed by atoms with Crippen LogP contribution in [0.4, 0.5) is 5.82 Å². The van der Waals surface area contributed by atoms with Crippen LogP contribution >= 0.6 is 0 Å². The zero-order chi connectivity index (χ0) is 12.4. The average Bonchev–Trinajstić information content (AvgIpc) is 3.07. The van der Waals surface area contributed by atoms with Crippen molar-refractivity contribution in [3.63, 3.8) is 0 Å². The van der Waals surface area contributed by atoms with Crippen molar-refractivity contribution in [2.45, 2.75) is 25.8 Å². The Morgan fingerprint density at radius 1 is 1.59 bits per heavy atom. The fourth-order valence-electron chi connectivity index (χ4n) is 2.14. The van der Waals surface area contributed by atoms with Crippen LogP contribution in [0.15, 0.2) is 0 Å². The Morgan fingerprint density at radius 3 is 2.82 bits per heavy atom. The number of nitriles is 1. The van der Waals surface area contributed by atoms with E-state index in [9.17, 15) is 5.26 Å². The summed E-state index contributed by atoms with van der Waals surface area (Å²) in [5.74, 6) is 0.935. The molecule has 1 saturated carbocycles. The van der Waals surface area contributed by atoms with Crippen molar-refractivity contribution in [1.29, 1.82) is 5.26 Å². The summed E-state index contributed by atoms with van der Waals surface area (Å²) in [7, 11) is 3.59. The van der Waals surface area contributed by atoms with Crippen LogP contribution in [0.2, 0.25) is 0 Å². The Hall–Kier alpha value is -1.54. The van der Waals surface area contributed by atoms with Gasteiger partial charge in [-0.25, -0.2) is 0 Å². The molecule has 1 aromatic heterocycles. The van der Waals surface area contributed by atoms with Gasteiger partial charge >= 0.3 is 0 Å². The minimum Gasteiger partial charge on any atom is -0.383 e. The summed E-state index contributed by atoms with van der Waals surface area (Å²) in [5, 5.41) is 13.6. The van der Waals surface area contributed by atoms with Gasteiger partial charge in [0.15, 0.2) is 0 Å². The Kier molecular flexibility index (Phi) is 3.34. The van der Waals surface area contributed by atoms with Crippen LogP contribution in [0.5, 0.6) is 0 Å². The third kappa shape index (κ3) is 2.27. The van der Waals surface area contributed by atoms with Crippen molar-refractivity contribution in [2.24, 2.45) is 7.05 Å². The van der Waals surface area contributed by atoms with Gasteiger partial charge in [-0.3, -0.25) is 4.68 Å². The van der Waals surface area contributed by atoms with Crippen molar-refractivity contribution in [3.05, 3.63) is 11.3 Å². The molecule has 1 aliphatic rings. The summed E-state index contributed by atoms with van der Waals surface area (Å²) in [4.78, 5) is 2.25. The van der Waals surface area contributed by atoms with Crippen LogP contribution in [-0.4, -0.2) is 36.1 Å². The highest BCUT2D eigenvalue weighted by molar-refractivity contribution is 5.58. The van der Waals surface area contributed by atoms with E-state index in [0.29, 0.717) is 18.2 Å². The molecule has 0 amide bonds. The van der Waals surface area contributed by atoms with Crippen molar-refractivity contribution in [1.82, 2.24) is 9.78 Å². The van der Waals surface area contributed by atoms with Gasteiger partial charge in [0, 0.05) is 26.7 Å². The molecule has 1 aromatic rings. The summed E-state index contributed by atoms with van der Waals surface area (Å²) in [6.45, 7) is 3.36. The van der Waals surface area contributed by atoms with E-state index < -0.39 is 0 Å². The number of nitrogens with zero attached hydrogens (tertiary/aromatic N) is 4. The van der Waals surface area contributed by atoms with Crippen LogP contribution in [-0.2, 0) is 11.8 Å². The lowest BCUT2D eigenvalue weighted by Gasteiger charge is -2.24. The van der Waals surface area contributed by atoms with Gasteiger partial charge in [0.25, 0.3) is 0 Å². The van der Waals surface area contributed by atoms with Crippen LogP contribution in [0, 0.1) is 18.3 Å². The first-order valence-electron chi connectivity index (χ1n) is 5.88. The maximum Gasteiger partial charge on any atom is 0.145 e. The largest absolute Gasteiger partial charge is 0.383 e. The highest BCUT2D eigenvalue weighted by Gasteiger charge is 2.32. The molecule has 0 N–H and O–H groups in total. The van der Waals surface area contributed by atoms with Gasteiger partial charge in [-0.15, -0.1) is 0 Å². The fraction of sp³-hybridized carbons (Fsp3) is 0.667. The predicted molar refractivity (Wildman–Crippen MR) is 64.9 cm³/mol. The molecule has 2 rings (SSSR count). The maximum absolute atomic E-state index is 9.23. The lowest BCUT2D eigenvalue weighted by Crippen LogP contribution is -2.31. The molecule has 0 bridgehead atoms. The average molecular weight is 234 g/mol. The van der Waals surface area contributed by atoms with E-state index in [1.807, 2.05) is 18.7 Å². The molecule has 0 radical (unpaired) electrons. The van der Waals surface area contributed by atoms with E-state index >= 15 is 0 Å². The second-order valence-corrected chi connectivity index (χ2v) is 4.44. The second kappa shape index (κ2) is 4.76. The molecule has 0 unspecified atom stereocenters. The molecule has 17 heavy (non-hydrogen) atoms. The first-order chi connectivity index (χ1) is 8.19. The summed E-state index contributed by atoms with van der Waals surface area (Å²) in [6, 6.07) is 2.81. The molecule has 5 heteroatoms. The van der Waals surface area contributed by atoms with Gasteiger partial charge in [-0.1, -0.05) is 0 Å². The topological polar surface area (TPSA) is 54.1 Å². The highest BCUT2D eigenvalue weighted by atomic mass is 16.5. The maximum atomic E-state index is 9.23. The second-order valence-electron chi connectivity index (χ2n) is 4.44. The number of hydrogen-bond donors (Lipinski definition) is 0.